The minimum atomic E-state index is -1.50. The van der Waals surface area contributed by atoms with E-state index in [-0.39, 0.29) is 24.7 Å². The van der Waals surface area contributed by atoms with Crippen LogP contribution < -0.4 is 15.6 Å². The fourth-order valence-corrected chi connectivity index (χ4v) is 5.99. The lowest BCUT2D eigenvalue weighted by Crippen LogP contribution is -2.54. The molecule has 4 aromatic rings. The van der Waals surface area contributed by atoms with Crippen LogP contribution >= 0.6 is 39.1 Å². The topological polar surface area (TPSA) is 92.2 Å². The summed E-state index contributed by atoms with van der Waals surface area (Å²) in [6.07, 6.45) is 0.250. The molecule has 0 aromatic heterocycles. The van der Waals surface area contributed by atoms with Crippen molar-refractivity contribution in [3.63, 3.8) is 0 Å². The van der Waals surface area contributed by atoms with E-state index in [9.17, 15) is 9.18 Å². The largest absolute Gasteiger partial charge is 0.494 e. The Morgan fingerprint density at radius 3 is 2.58 bits per heavy atom. The minimum absolute atomic E-state index is 0.0404. The van der Waals surface area contributed by atoms with Crippen molar-refractivity contribution in [1.82, 2.24) is 10.9 Å². The van der Waals surface area contributed by atoms with Crippen molar-refractivity contribution in [2.75, 3.05) is 19.8 Å². The Kier molecular flexibility index (Phi) is 11.1. The van der Waals surface area contributed by atoms with Crippen molar-refractivity contribution >= 4 is 50.9 Å². The van der Waals surface area contributed by atoms with Crippen LogP contribution in [0.2, 0.25) is 10.0 Å². The highest BCUT2D eigenvalue weighted by Crippen LogP contribution is 2.45. The van der Waals surface area contributed by atoms with Crippen LogP contribution in [0.3, 0.4) is 0 Å². The molecule has 7 nitrogen and oxygen atoms in total. The predicted molar refractivity (Wildman–Crippen MR) is 177 cm³/mol. The normalized spacial score (nSPS) is 17.4. The van der Waals surface area contributed by atoms with E-state index in [4.69, 9.17) is 42.8 Å². The maximum atomic E-state index is 14.3. The number of carbonyl (C=O) groups excluding carboxylic acids is 1. The van der Waals surface area contributed by atoms with Crippen LogP contribution in [-0.4, -0.2) is 42.2 Å². The van der Waals surface area contributed by atoms with Crippen LogP contribution in [0, 0.1) is 5.82 Å². The molecule has 11 heteroatoms. The Bertz CT molecular complexity index is 1670. The number of carbonyl (C=O) groups is 1. The minimum Gasteiger partial charge on any atom is -0.494 e. The Balaban J connectivity index is 1.51. The average molecular weight is 715 g/mol. The van der Waals surface area contributed by atoms with Gasteiger partial charge in [0.15, 0.2) is 11.6 Å². The zero-order valence-electron chi connectivity index (χ0n) is 24.1. The monoisotopic (exact) mass is 713 g/mol. The van der Waals surface area contributed by atoms with Gasteiger partial charge in [0.2, 0.25) is 5.90 Å². The molecule has 234 valence electrons. The van der Waals surface area contributed by atoms with Gasteiger partial charge >= 0.3 is 0 Å². The van der Waals surface area contributed by atoms with E-state index in [1.54, 1.807) is 48.5 Å². The highest BCUT2D eigenvalue weighted by Gasteiger charge is 2.54. The fraction of sp³-hybridized carbons (Fsp3) is 0.235. The molecule has 1 heterocycles. The number of ether oxygens (including phenoxy) is 2. The summed E-state index contributed by atoms with van der Waals surface area (Å²) in [6.45, 7) is 0.770. The SMILES string of the molecule is O=C(NNCCc1cccc(F)c1)[C@@]1(Cc2ccccc2Br)N=C(c2ccc(OCCCO)cc2)O[C@H]1c1ccc(Cl)cc1Cl. The van der Waals surface area contributed by atoms with Gasteiger partial charge in [-0.1, -0.05) is 75.5 Å². The van der Waals surface area contributed by atoms with Crippen LogP contribution in [-0.2, 0) is 22.4 Å². The van der Waals surface area contributed by atoms with Crippen molar-refractivity contribution in [1.29, 1.82) is 0 Å². The quantitative estimate of drug-likeness (QED) is 0.102. The molecule has 3 N–H and O–H groups in total. The van der Waals surface area contributed by atoms with Crippen molar-refractivity contribution in [2.45, 2.75) is 30.9 Å². The predicted octanol–water partition coefficient (Wildman–Crippen LogP) is 7.02. The summed E-state index contributed by atoms with van der Waals surface area (Å²) in [7, 11) is 0. The van der Waals surface area contributed by atoms with Crippen LogP contribution in [0.4, 0.5) is 4.39 Å². The second kappa shape index (κ2) is 15.2. The molecular formula is C34H31BrCl2FN3O4. The van der Waals surface area contributed by atoms with Gasteiger partial charge in [-0.2, -0.15) is 0 Å². The van der Waals surface area contributed by atoms with Gasteiger partial charge in [0.05, 0.1) is 6.61 Å². The average Bonchev–Trinajstić information content (AvgIpc) is 3.41. The second-order valence-corrected chi connectivity index (χ2v) is 12.2. The summed E-state index contributed by atoms with van der Waals surface area (Å²) in [5.41, 5.74) is 7.14. The molecule has 0 unspecified atom stereocenters. The number of aliphatic hydroxyl groups excluding tert-OH is 1. The number of hydrogen-bond donors (Lipinski definition) is 3. The highest BCUT2D eigenvalue weighted by atomic mass is 79.9. The van der Waals surface area contributed by atoms with Crippen LogP contribution in [0.25, 0.3) is 0 Å². The molecule has 4 aromatic carbocycles. The van der Waals surface area contributed by atoms with Gasteiger partial charge in [-0.15, -0.1) is 0 Å². The maximum absolute atomic E-state index is 14.3. The number of hydrazine groups is 1. The summed E-state index contributed by atoms with van der Waals surface area (Å²) in [4.78, 5) is 19.4. The summed E-state index contributed by atoms with van der Waals surface area (Å²) in [5, 5.41) is 9.83. The molecular weight excluding hydrogens is 684 g/mol. The third-order valence-corrected chi connectivity index (χ3v) is 8.66. The zero-order chi connectivity index (χ0) is 31.8. The van der Waals surface area contributed by atoms with Gasteiger partial charge in [0.25, 0.3) is 5.91 Å². The molecule has 1 aliphatic heterocycles. The van der Waals surface area contributed by atoms with Gasteiger partial charge in [0, 0.05) is 51.6 Å². The number of hydrogen-bond acceptors (Lipinski definition) is 6. The van der Waals surface area contributed by atoms with Crippen molar-refractivity contribution in [2.24, 2.45) is 4.99 Å². The van der Waals surface area contributed by atoms with Crippen molar-refractivity contribution in [3.8, 4) is 5.75 Å². The number of nitrogens with one attached hydrogen (secondary N) is 2. The Morgan fingerprint density at radius 1 is 1.04 bits per heavy atom. The lowest BCUT2D eigenvalue weighted by atomic mass is 9.82. The van der Waals surface area contributed by atoms with Gasteiger partial charge in [-0.05, 0) is 72.1 Å². The van der Waals surface area contributed by atoms with E-state index >= 15 is 0 Å². The fourth-order valence-electron chi connectivity index (χ4n) is 5.06. The van der Waals surface area contributed by atoms with E-state index in [0.717, 1.165) is 15.6 Å². The summed E-state index contributed by atoms with van der Waals surface area (Å²) in [5.74, 6) is 0.131. The Labute approximate surface area is 279 Å². The molecule has 0 bridgehead atoms. The van der Waals surface area contributed by atoms with Crippen LogP contribution in [0.1, 0.15) is 34.8 Å². The number of amides is 1. The number of aliphatic hydroxyl groups is 1. The van der Waals surface area contributed by atoms with E-state index in [2.05, 4.69) is 26.8 Å². The first-order valence-electron chi connectivity index (χ1n) is 14.4. The second-order valence-electron chi connectivity index (χ2n) is 10.5. The third-order valence-electron chi connectivity index (χ3n) is 7.32. The highest BCUT2D eigenvalue weighted by molar-refractivity contribution is 9.10. The van der Waals surface area contributed by atoms with E-state index < -0.39 is 17.6 Å². The van der Waals surface area contributed by atoms with Gasteiger partial charge in [0.1, 0.15) is 11.6 Å². The lowest BCUT2D eigenvalue weighted by molar-refractivity contribution is -0.130. The molecule has 0 spiro atoms. The molecule has 45 heavy (non-hydrogen) atoms. The lowest BCUT2D eigenvalue weighted by Gasteiger charge is -2.31. The van der Waals surface area contributed by atoms with E-state index in [0.29, 0.717) is 52.9 Å². The molecule has 0 fully saturated rings. The first kappa shape index (κ1) is 32.9. The van der Waals surface area contributed by atoms with Crippen LogP contribution in [0.15, 0.2) is 100 Å². The molecule has 0 saturated heterocycles. The van der Waals surface area contributed by atoms with E-state index in [1.807, 2.05) is 30.3 Å². The van der Waals surface area contributed by atoms with Gasteiger partial charge in [-0.25, -0.2) is 14.8 Å². The molecule has 0 aliphatic carbocycles. The standard InChI is InChI=1S/C34H31BrCl2FN3O4/c35-29-8-2-1-6-24(29)21-34(33(43)41-39-16-15-22-5-3-7-26(38)19-22)31(28-14-11-25(36)20-30(28)37)45-32(40-34)23-9-12-27(13-10-23)44-18-4-17-42/h1-3,5-14,19-20,31,39,42H,4,15-18,21H2,(H,41,43)/t31-,34-/m0/s1. The first-order valence-corrected chi connectivity index (χ1v) is 15.9. The summed E-state index contributed by atoms with van der Waals surface area (Å²) < 4.78 is 26.7. The molecule has 0 saturated carbocycles. The number of rotatable bonds is 13. The molecule has 1 amide bonds. The van der Waals surface area contributed by atoms with Crippen molar-refractivity contribution < 1.29 is 23.8 Å². The number of nitrogens with zero attached hydrogens (tertiary/aromatic N) is 1. The van der Waals surface area contributed by atoms with Crippen LogP contribution in [0.5, 0.6) is 5.75 Å². The van der Waals surface area contributed by atoms with E-state index in [1.165, 1.54) is 12.1 Å². The zero-order valence-corrected chi connectivity index (χ0v) is 27.2. The van der Waals surface area contributed by atoms with Gasteiger partial charge < -0.3 is 14.6 Å². The first-order chi connectivity index (χ1) is 21.8. The summed E-state index contributed by atoms with van der Waals surface area (Å²) in [6, 6.07) is 26.1. The van der Waals surface area contributed by atoms with Crippen molar-refractivity contribution in [3.05, 3.63) is 134 Å². The number of aliphatic imine (C=N–C) groups is 1. The Hall–Kier alpha value is -3.47. The maximum Gasteiger partial charge on any atom is 0.266 e. The molecule has 1 aliphatic rings. The number of benzene rings is 4. The molecule has 2 atom stereocenters. The summed E-state index contributed by atoms with van der Waals surface area (Å²) >= 11 is 16.6. The van der Waals surface area contributed by atoms with Gasteiger partial charge in [-0.3, -0.25) is 10.2 Å². The Morgan fingerprint density at radius 2 is 1.84 bits per heavy atom. The third kappa shape index (κ3) is 8.04. The number of halogens is 4. The smallest absolute Gasteiger partial charge is 0.266 e. The molecule has 0 radical (unpaired) electrons. The molecule has 5 rings (SSSR count).